The molecule has 8 heteroatoms. The molecular formula is C16H10F3N3O2. The molecule has 0 spiro atoms. The summed E-state index contributed by atoms with van der Waals surface area (Å²) in [6.45, 7) is 1.61. The number of nitrogens with zero attached hydrogens (tertiary/aromatic N) is 3. The van der Waals surface area contributed by atoms with Crippen LogP contribution in [0.3, 0.4) is 0 Å². The standard InChI is InChI=1S/C16H10F3N3O2/c1-9-14(10-5-3-2-4-6-10)21-12-7-11(16(17,18)19)8-13(22(23)24)15(12)20-9/h2-8H,1H3. The van der Waals surface area contributed by atoms with Crippen molar-refractivity contribution in [2.45, 2.75) is 13.1 Å². The number of hydrogen-bond acceptors (Lipinski definition) is 4. The van der Waals surface area contributed by atoms with E-state index in [9.17, 15) is 23.3 Å². The van der Waals surface area contributed by atoms with Gasteiger partial charge in [0.05, 0.1) is 27.4 Å². The number of nitro groups is 1. The molecule has 3 rings (SSSR count). The molecule has 1 aromatic heterocycles. The fourth-order valence-corrected chi connectivity index (χ4v) is 2.40. The largest absolute Gasteiger partial charge is 0.416 e. The Bertz CT molecular complexity index is 941. The first-order valence-electron chi connectivity index (χ1n) is 6.87. The number of aromatic nitrogens is 2. The summed E-state index contributed by atoms with van der Waals surface area (Å²) < 4.78 is 39.0. The van der Waals surface area contributed by atoms with Crippen LogP contribution in [0, 0.1) is 17.0 Å². The molecule has 0 atom stereocenters. The summed E-state index contributed by atoms with van der Waals surface area (Å²) in [7, 11) is 0. The van der Waals surface area contributed by atoms with E-state index < -0.39 is 22.4 Å². The normalized spacial score (nSPS) is 11.7. The van der Waals surface area contributed by atoms with Gasteiger partial charge in [-0.1, -0.05) is 30.3 Å². The van der Waals surface area contributed by atoms with Crippen LogP contribution in [-0.2, 0) is 6.18 Å². The van der Waals surface area contributed by atoms with Crippen molar-refractivity contribution >= 4 is 16.7 Å². The molecule has 1 heterocycles. The SMILES string of the molecule is Cc1nc2c([N+](=O)[O-])cc(C(F)(F)F)cc2nc1-c1ccccc1. The maximum atomic E-state index is 13.0. The lowest BCUT2D eigenvalue weighted by atomic mass is 10.1. The van der Waals surface area contributed by atoms with Crippen molar-refractivity contribution < 1.29 is 18.1 Å². The van der Waals surface area contributed by atoms with Crippen LogP contribution < -0.4 is 0 Å². The minimum atomic E-state index is -4.71. The minimum Gasteiger partial charge on any atom is -0.258 e. The summed E-state index contributed by atoms with van der Waals surface area (Å²) in [5.74, 6) is 0. The first kappa shape index (κ1) is 15.9. The van der Waals surface area contributed by atoms with Gasteiger partial charge in [0.2, 0.25) is 0 Å². The highest BCUT2D eigenvalue weighted by Crippen LogP contribution is 2.36. The van der Waals surface area contributed by atoms with Gasteiger partial charge in [-0.3, -0.25) is 10.1 Å². The van der Waals surface area contributed by atoms with E-state index in [-0.39, 0.29) is 11.0 Å². The smallest absolute Gasteiger partial charge is 0.258 e. The Hall–Kier alpha value is -3.03. The predicted molar refractivity (Wildman–Crippen MR) is 81.4 cm³/mol. The lowest BCUT2D eigenvalue weighted by Gasteiger charge is -2.10. The number of fused-ring (bicyclic) bond motifs is 1. The molecule has 3 aromatic rings. The predicted octanol–water partition coefficient (Wildman–Crippen LogP) is 4.53. The van der Waals surface area contributed by atoms with Crippen LogP contribution in [0.5, 0.6) is 0 Å². The lowest BCUT2D eigenvalue weighted by molar-refractivity contribution is -0.383. The van der Waals surface area contributed by atoms with Crippen LogP contribution in [0.2, 0.25) is 0 Å². The Morgan fingerprint density at radius 3 is 2.33 bits per heavy atom. The average molecular weight is 333 g/mol. The maximum absolute atomic E-state index is 13.0. The second kappa shape index (κ2) is 5.55. The van der Waals surface area contributed by atoms with Gasteiger partial charge in [-0.2, -0.15) is 13.2 Å². The van der Waals surface area contributed by atoms with E-state index in [4.69, 9.17) is 0 Å². The van der Waals surface area contributed by atoms with E-state index >= 15 is 0 Å². The van der Waals surface area contributed by atoms with Crippen molar-refractivity contribution in [1.29, 1.82) is 0 Å². The summed E-state index contributed by atoms with van der Waals surface area (Å²) in [5, 5.41) is 11.1. The molecule has 5 nitrogen and oxygen atoms in total. The molecule has 0 unspecified atom stereocenters. The summed E-state index contributed by atoms with van der Waals surface area (Å²) in [5.41, 5.74) is -0.710. The quantitative estimate of drug-likeness (QED) is 0.510. The van der Waals surface area contributed by atoms with Gasteiger partial charge in [-0.15, -0.1) is 0 Å². The van der Waals surface area contributed by atoms with Crippen LogP contribution in [0.25, 0.3) is 22.3 Å². The van der Waals surface area contributed by atoms with Crippen LogP contribution >= 0.6 is 0 Å². The van der Waals surface area contributed by atoms with Crippen LogP contribution in [0.15, 0.2) is 42.5 Å². The van der Waals surface area contributed by atoms with Gasteiger partial charge in [0.1, 0.15) is 0 Å². The van der Waals surface area contributed by atoms with Gasteiger partial charge in [-0.25, -0.2) is 9.97 Å². The number of nitro benzene ring substituents is 1. The molecule has 0 aliphatic rings. The van der Waals surface area contributed by atoms with Gasteiger partial charge in [0.15, 0.2) is 5.52 Å². The summed E-state index contributed by atoms with van der Waals surface area (Å²) >= 11 is 0. The molecule has 0 saturated carbocycles. The molecule has 0 N–H and O–H groups in total. The third kappa shape index (κ3) is 2.78. The number of rotatable bonds is 2. The number of non-ortho nitro benzene ring substituents is 1. The molecule has 0 fully saturated rings. The highest BCUT2D eigenvalue weighted by Gasteiger charge is 2.34. The van der Waals surface area contributed by atoms with E-state index in [1.807, 2.05) is 0 Å². The highest BCUT2D eigenvalue weighted by molar-refractivity contribution is 5.87. The third-order valence-corrected chi connectivity index (χ3v) is 3.50. The van der Waals surface area contributed by atoms with E-state index in [1.165, 1.54) is 0 Å². The van der Waals surface area contributed by atoms with Crippen LogP contribution in [0.1, 0.15) is 11.3 Å². The molecular weight excluding hydrogens is 323 g/mol. The van der Waals surface area contributed by atoms with Crippen molar-refractivity contribution in [3.63, 3.8) is 0 Å². The monoisotopic (exact) mass is 333 g/mol. The highest BCUT2D eigenvalue weighted by atomic mass is 19.4. The molecule has 0 aliphatic heterocycles. The Morgan fingerprint density at radius 2 is 1.75 bits per heavy atom. The molecule has 0 amide bonds. The molecule has 0 aliphatic carbocycles. The zero-order valence-electron chi connectivity index (χ0n) is 12.3. The zero-order valence-corrected chi connectivity index (χ0v) is 12.3. The van der Waals surface area contributed by atoms with E-state index in [2.05, 4.69) is 9.97 Å². The second-order valence-electron chi connectivity index (χ2n) is 5.14. The number of benzene rings is 2. The van der Waals surface area contributed by atoms with Crippen molar-refractivity contribution in [2.24, 2.45) is 0 Å². The molecule has 0 saturated heterocycles. The molecule has 122 valence electrons. The summed E-state index contributed by atoms with van der Waals surface area (Å²) in [4.78, 5) is 18.6. The molecule has 2 aromatic carbocycles. The maximum Gasteiger partial charge on any atom is 0.416 e. The Labute approximate surface area is 133 Å². The van der Waals surface area contributed by atoms with E-state index in [1.54, 1.807) is 37.3 Å². The average Bonchev–Trinajstić information content (AvgIpc) is 2.53. The molecule has 0 radical (unpaired) electrons. The third-order valence-electron chi connectivity index (χ3n) is 3.50. The lowest BCUT2D eigenvalue weighted by Crippen LogP contribution is -2.07. The fourth-order valence-electron chi connectivity index (χ4n) is 2.40. The van der Waals surface area contributed by atoms with Gasteiger partial charge in [-0.05, 0) is 13.0 Å². The molecule has 24 heavy (non-hydrogen) atoms. The number of halogens is 3. The van der Waals surface area contributed by atoms with Crippen LogP contribution in [-0.4, -0.2) is 14.9 Å². The van der Waals surface area contributed by atoms with Crippen molar-refractivity contribution in [3.8, 4) is 11.3 Å². The van der Waals surface area contributed by atoms with Gasteiger partial charge in [0, 0.05) is 11.6 Å². The topological polar surface area (TPSA) is 68.9 Å². The number of aryl methyl sites for hydroxylation is 1. The zero-order chi connectivity index (χ0) is 17.5. The van der Waals surface area contributed by atoms with Crippen molar-refractivity contribution in [3.05, 3.63) is 63.8 Å². The van der Waals surface area contributed by atoms with Gasteiger partial charge < -0.3 is 0 Å². The Kier molecular flexibility index (Phi) is 3.67. The van der Waals surface area contributed by atoms with Gasteiger partial charge >= 0.3 is 6.18 Å². The Morgan fingerprint density at radius 1 is 1.08 bits per heavy atom. The van der Waals surface area contributed by atoms with E-state index in [0.717, 1.165) is 6.07 Å². The van der Waals surface area contributed by atoms with E-state index in [0.29, 0.717) is 23.0 Å². The number of alkyl halides is 3. The molecule has 0 bridgehead atoms. The van der Waals surface area contributed by atoms with Crippen LogP contribution in [0.4, 0.5) is 18.9 Å². The van der Waals surface area contributed by atoms with Gasteiger partial charge in [0.25, 0.3) is 5.69 Å². The Balaban J connectivity index is 2.34. The summed E-state index contributed by atoms with van der Waals surface area (Å²) in [6.07, 6.45) is -4.71. The second-order valence-corrected chi connectivity index (χ2v) is 5.14. The van der Waals surface area contributed by atoms with Crippen molar-refractivity contribution in [1.82, 2.24) is 9.97 Å². The summed E-state index contributed by atoms with van der Waals surface area (Å²) in [6, 6.07) is 10.1. The van der Waals surface area contributed by atoms with Crippen molar-refractivity contribution in [2.75, 3.05) is 0 Å². The first-order chi connectivity index (χ1) is 11.3. The number of hydrogen-bond donors (Lipinski definition) is 0. The fraction of sp³-hybridized carbons (Fsp3) is 0.125. The first-order valence-corrected chi connectivity index (χ1v) is 6.87. The minimum absolute atomic E-state index is 0.162.